The standard InChI is InChI=1S/C12H14N2O5/c1-8(15)18-7-9-3-2-4-11(19-9)14-10(16)5-6-13-12(14)17/h2,4-6,9,11H,3,7H2,1H3,(H,13,17). The largest absolute Gasteiger partial charge is 0.463 e. The zero-order valence-corrected chi connectivity index (χ0v) is 10.4. The first-order chi connectivity index (χ1) is 9.08. The molecule has 0 fully saturated rings. The number of ether oxygens (including phenoxy) is 2. The number of rotatable bonds is 3. The van der Waals surface area contributed by atoms with Gasteiger partial charge in [0.25, 0.3) is 5.56 Å². The fraction of sp³-hybridized carbons (Fsp3) is 0.417. The molecule has 7 nitrogen and oxygen atoms in total. The van der Waals surface area contributed by atoms with Gasteiger partial charge in [-0.15, -0.1) is 0 Å². The van der Waals surface area contributed by atoms with E-state index in [1.807, 2.05) is 0 Å². The molecule has 0 aromatic carbocycles. The number of hydrogen-bond acceptors (Lipinski definition) is 5. The maximum atomic E-state index is 11.7. The van der Waals surface area contributed by atoms with Gasteiger partial charge in [-0.2, -0.15) is 0 Å². The van der Waals surface area contributed by atoms with Crippen LogP contribution in [0.4, 0.5) is 0 Å². The number of aromatic amines is 1. The minimum absolute atomic E-state index is 0.0929. The van der Waals surface area contributed by atoms with E-state index in [-0.39, 0.29) is 12.7 Å². The molecule has 0 aliphatic carbocycles. The van der Waals surface area contributed by atoms with Crippen molar-refractivity contribution in [2.75, 3.05) is 6.61 Å². The Bertz CT molecular complexity index is 572. The van der Waals surface area contributed by atoms with E-state index in [2.05, 4.69) is 4.98 Å². The van der Waals surface area contributed by atoms with E-state index < -0.39 is 23.4 Å². The van der Waals surface area contributed by atoms with Crippen LogP contribution >= 0.6 is 0 Å². The maximum absolute atomic E-state index is 11.7. The van der Waals surface area contributed by atoms with Crippen LogP contribution in [-0.4, -0.2) is 28.2 Å². The van der Waals surface area contributed by atoms with Gasteiger partial charge in [-0.1, -0.05) is 6.08 Å². The van der Waals surface area contributed by atoms with Gasteiger partial charge in [0.2, 0.25) is 0 Å². The number of aromatic nitrogens is 2. The van der Waals surface area contributed by atoms with E-state index in [1.54, 1.807) is 12.2 Å². The van der Waals surface area contributed by atoms with Crippen LogP contribution in [0.5, 0.6) is 0 Å². The second-order valence-electron chi connectivity index (χ2n) is 4.11. The Morgan fingerprint density at radius 2 is 2.37 bits per heavy atom. The first kappa shape index (κ1) is 13.3. The van der Waals surface area contributed by atoms with Gasteiger partial charge in [-0.3, -0.25) is 9.59 Å². The van der Waals surface area contributed by atoms with Crippen LogP contribution < -0.4 is 11.2 Å². The monoisotopic (exact) mass is 266 g/mol. The zero-order chi connectivity index (χ0) is 13.8. The maximum Gasteiger partial charge on any atom is 0.330 e. The molecule has 7 heteroatoms. The van der Waals surface area contributed by atoms with E-state index in [1.165, 1.54) is 19.2 Å². The first-order valence-corrected chi connectivity index (χ1v) is 5.83. The molecular formula is C12H14N2O5. The molecule has 1 aliphatic rings. The molecule has 0 spiro atoms. The van der Waals surface area contributed by atoms with Crippen LogP contribution in [0, 0.1) is 0 Å². The van der Waals surface area contributed by atoms with Crippen molar-refractivity contribution >= 4 is 5.97 Å². The number of nitrogens with zero attached hydrogens (tertiary/aromatic N) is 1. The lowest BCUT2D eigenvalue weighted by atomic mass is 10.2. The molecule has 1 aromatic rings. The SMILES string of the molecule is CC(=O)OCC1CC=CC(n2c(=O)cc[nH]c2=O)O1. The Kier molecular flexibility index (Phi) is 3.96. The third kappa shape index (κ3) is 3.19. The summed E-state index contributed by atoms with van der Waals surface area (Å²) >= 11 is 0. The van der Waals surface area contributed by atoms with Gasteiger partial charge in [-0.25, -0.2) is 9.36 Å². The molecular weight excluding hydrogens is 252 g/mol. The predicted octanol–water partition coefficient (Wildman–Crippen LogP) is -0.0566. The van der Waals surface area contributed by atoms with Crippen molar-refractivity contribution in [1.82, 2.24) is 9.55 Å². The van der Waals surface area contributed by atoms with Crippen LogP contribution in [0.25, 0.3) is 0 Å². The van der Waals surface area contributed by atoms with Crippen LogP contribution in [0.2, 0.25) is 0 Å². The second kappa shape index (κ2) is 5.66. The summed E-state index contributed by atoms with van der Waals surface area (Å²) in [6.07, 6.45) is 4.10. The molecule has 2 rings (SSSR count). The molecule has 0 amide bonds. The molecule has 102 valence electrons. The molecule has 1 aromatic heterocycles. The zero-order valence-electron chi connectivity index (χ0n) is 10.4. The summed E-state index contributed by atoms with van der Waals surface area (Å²) in [5, 5.41) is 0. The van der Waals surface area contributed by atoms with E-state index >= 15 is 0 Å². The lowest BCUT2D eigenvalue weighted by Gasteiger charge is -2.26. The van der Waals surface area contributed by atoms with Crippen LogP contribution in [0.3, 0.4) is 0 Å². The predicted molar refractivity (Wildman–Crippen MR) is 65.6 cm³/mol. The van der Waals surface area contributed by atoms with Gasteiger partial charge in [0.05, 0.1) is 6.10 Å². The lowest BCUT2D eigenvalue weighted by Crippen LogP contribution is -2.40. The van der Waals surface area contributed by atoms with Gasteiger partial charge in [0, 0.05) is 19.2 Å². The van der Waals surface area contributed by atoms with Crippen LogP contribution in [0.1, 0.15) is 19.6 Å². The molecule has 1 N–H and O–H groups in total. The molecule has 0 saturated heterocycles. The molecule has 0 saturated carbocycles. The Labute approximate surface area is 108 Å². The molecule has 2 heterocycles. The van der Waals surface area contributed by atoms with Gasteiger partial charge in [0.15, 0.2) is 6.23 Å². The third-order valence-corrected chi connectivity index (χ3v) is 2.65. The summed E-state index contributed by atoms with van der Waals surface area (Å²) < 4.78 is 11.4. The summed E-state index contributed by atoms with van der Waals surface area (Å²) in [5.74, 6) is -0.399. The van der Waals surface area contributed by atoms with Crippen molar-refractivity contribution in [3.05, 3.63) is 45.3 Å². The molecule has 2 atom stereocenters. The Morgan fingerprint density at radius 1 is 1.58 bits per heavy atom. The summed E-state index contributed by atoms with van der Waals surface area (Å²) in [6.45, 7) is 1.40. The molecule has 19 heavy (non-hydrogen) atoms. The van der Waals surface area contributed by atoms with Crippen molar-refractivity contribution in [3.8, 4) is 0 Å². The summed E-state index contributed by atoms with van der Waals surface area (Å²) in [6, 6.07) is 1.24. The van der Waals surface area contributed by atoms with Gasteiger partial charge in [-0.05, 0) is 12.5 Å². The highest BCUT2D eigenvalue weighted by molar-refractivity contribution is 5.65. The average molecular weight is 266 g/mol. The topological polar surface area (TPSA) is 90.4 Å². The highest BCUT2D eigenvalue weighted by atomic mass is 16.6. The highest BCUT2D eigenvalue weighted by Crippen LogP contribution is 2.18. The molecule has 1 aliphatic heterocycles. The minimum atomic E-state index is -0.785. The lowest BCUT2D eigenvalue weighted by molar-refractivity contribution is -0.148. The number of hydrogen-bond donors (Lipinski definition) is 1. The number of carbonyl (C=O) groups excluding carboxylic acids is 1. The van der Waals surface area contributed by atoms with Gasteiger partial charge >= 0.3 is 11.7 Å². The van der Waals surface area contributed by atoms with Gasteiger partial charge in [0.1, 0.15) is 6.61 Å². The summed E-state index contributed by atoms with van der Waals surface area (Å²) in [5.41, 5.74) is -0.998. The van der Waals surface area contributed by atoms with Gasteiger partial charge < -0.3 is 14.5 Å². The van der Waals surface area contributed by atoms with Crippen molar-refractivity contribution in [3.63, 3.8) is 0 Å². The highest BCUT2D eigenvalue weighted by Gasteiger charge is 2.22. The van der Waals surface area contributed by atoms with E-state index in [0.29, 0.717) is 6.42 Å². The van der Waals surface area contributed by atoms with Crippen molar-refractivity contribution in [1.29, 1.82) is 0 Å². The minimum Gasteiger partial charge on any atom is -0.463 e. The summed E-state index contributed by atoms with van der Waals surface area (Å²) in [7, 11) is 0. The number of carbonyl (C=O) groups is 1. The summed E-state index contributed by atoms with van der Waals surface area (Å²) in [4.78, 5) is 36.4. The molecule has 0 radical (unpaired) electrons. The fourth-order valence-corrected chi connectivity index (χ4v) is 1.78. The molecule has 2 unspecified atom stereocenters. The number of H-pyrrole nitrogens is 1. The number of esters is 1. The van der Waals surface area contributed by atoms with Crippen molar-refractivity contribution in [2.45, 2.75) is 25.7 Å². The van der Waals surface area contributed by atoms with E-state index in [4.69, 9.17) is 9.47 Å². The van der Waals surface area contributed by atoms with E-state index in [0.717, 1.165) is 4.57 Å². The smallest absolute Gasteiger partial charge is 0.330 e. The molecule has 0 bridgehead atoms. The van der Waals surface area contributed by atoms with Crippen LogP contribution in [0.15, 0.2) is 34.0 Å². The van der Waals surface area contributed by atoms with Crippen LogP contribution in [-0.2, 0) is 14.3 Å². The first-order valence-electron chi connectivity index (χ1n) is 5.83. The Morgan fingerprint density at radius 3 is 3.05 bits per heavy atom. The van der Waals surface area contributed by atoms with Crippen molar-refractivity contribution < 1.29 is 14.3 Å². The quantitative estimate of drug-likeness (QED) is 0.611. The number of nitrogens with one attached hydrogen (secondary N) is 1. The fourth-order valence-electron chi connectivity index (χ4n) is 1.78. The average Bonchev–Trinajstić information content (AvgIpc) is 2.37. The normalized spacial score (nSPS) is 22.2. The Hall–Kier alpha value is -2.15. The van der Waals surface area contributed by atoms with E-state index in [9.17, 15) is 14.4 Å². The Balaban J connectivity index is 2.16. The third-order valence-electron chi connectivity index (χ3n) is 2.65. The second-order valence-corrected chi connectivity index (χ2v) is 4.11. The van der Waals surface area contributed by atoms with Crippen molar-refractivity contribution in [2.24, 2.45) is 0 Å².